The van der Waals surface area contributed by atoms with Gasteiger partial charge in [-0.15, -0.1) is 0 Å². The van der Waals surface area contributed by atoms with Crippen LogP contribution >= 0.6 is 0 Å². The van der Waals surface area contributed by atoms with Gasteiger partial charge in [-0.3, -0.25) is 0 Å². The van der Waals surface area contributed by atoms with Gasteiger partial charge in [0.05, 0.1) is 12.6 Å². The van der Waals surface area contributed by atoms with Crippen LogP contribution in [0.4, 0.5) is 0 Å². The molecular formula is C7H12N2O3S. The van der Waals surface area contributed by atoms with E-state index in [9.17, 15) is 8.42 Å². The highest BCUT2D eigenvalue weighted by Gasteiger charge is 2.14. The minimum Gasteiger partial charge on any atom is -0.392 e. The summed E-state index contributed by atoms with van der Waals surface area (Å²) in [5.41, 5.74) is 0. The summed E-state index contributed by atoms with van der Waals surface area (Å²) in [7, 11) is -3.30. The summed E-state index contributed by atoms with van der Waals surface area (Å²) in [6.07, 6.45) is 3.44. The lowest BCUT2D eigenvalue weighted by Crippen LogP contribution is -2.16. The molecule has 0 saturated heterocycles. The summed E-state index contributed by atoms with van der Waals surface area (Å²) in [4.78, 5) is 3.70. The van der Waals surface area contributed by atoms with E-state index in [1.165, 1.54) is 17.0 Å². The average Bonchev–Trinajstić information content (AvgIpc) is 2.31. The van der Waals surface area contributed by atoms with E-state index in [4.69, 9.17) is 5.11 Å². The van der Waals surface area contributed by atoms with Gasteiger partial charge in [-0.05, 0) is 6.92 Å². The van der Waals surface area contributed by atoms with E-state index >= 15 is 0 Å². The summed E-state index contributed by atoms with van der Waals surface area (Å²) >= 11 is 0. The van der Waals surface area contributed by atoms with Crippen molar-refractivity contribution in [2.24, 2.45) is 0 Å². The molecule has 1 N–H and O–H groups in total. The molecule has 0 bridgehead atoms. The van der Waals surface area contributed by atoms with Crippen molar-refractivity contribution in [3.63, 3.8) is 0 Å². The van der Waals surface area contributed by atoms with Crippen molar-refractivity contribution < 1.29 is 13.5 Å². The second kappa shape index (κ2) is 3.47. The Hall–Kier alpha value is -0.880. The molecule has 0 radical (unpaired) electrons. The van der Waals surface area contributed by atoms with Crippen molar-refractivity contribution in [3.8, 4) is 0 Å². The van der Waals surface area contributed by atoms with E-state index in [0.29, 0.717) is 0 Å². The van der Waals surface area contributed by atoms with Crippen molar-refractivity contribution in [3.05, 3.63) is 12.4 Å². The average molecular weight is 204 g/mol. The number of aromatic nitrogens is 2. The van der Waals surface area contributed by atoms with Crippen molar-refractivity contribution in [2.75, 3.05) is 6.26 Å². The molecule has 5 nitrogen and oxygen atoms in total. The lowest BCUT2D eigenvalue weighted by Gasteiger charge is -2.07. The Morgan fingerprint density at radius 3 is 2.77 bits per heavy atom. The van der Waals surface area contributed by atoms with E-state index in [2.05, 4.69) is 4.98 Å². The second-order valence-corrected chi connectivity index (χ2v) is 4.89. The Morgan fingerprint density at radius 1 is 1.69 bits per heavy atom. The zero-order valence-electron chi connectivity index (χ0n) is 7.51. The fourth-order valence-electron chi connectivity index (χ4n) is 1.05. The van der Waals surface area contributed by atoms with E-state index < -0.39 is 15.9 Å². The number of nitrogens with zero attached hydrogens (tertiary/aromatic N) is 2. The molecule has 0 saturated carbocycles. The Balaban J connectivity index is 3.04. The van der Waals surface area contributed by atoms with Crippen LogP contribution in [-0.4, -0.2) is 35.4 Å². The van der Waals surface area contributed by atoms with Crippen molar-refractivity contribution >= 4 is 9.84 Å². The maximum absolute atomic E-state index is 11.1. The molecule has 0 aliphatic rings. The standard InChI is InChI=1S/C7H12N2O3S/c1-6(10)5-9-4-3-8-7(9)13(2,11)12/h3-4,6,10H,5H2,1-2H3. The van der Waals surface area contributed by atoms with Crippen LogP contribution in [0.1, 0.15) is 6.92 Å². The van der Waals surface area contributed by atoms with Crippen molar-refractivity contribution in [1.82, 2.24) is 9.55 Å². The van der Waals surface area contributed by atoms with Crippen LogP contribution in [0.2, 0.25) is 0 Å². The van der Waals surface area contributed by atoms with Crippen LogP contribution in [0.15, 0.2) is 17.6 Å². The van der Waals surface area contributed by atoms with E-state index in [0.717, 1.165) is 6.26 Å². The summed E-state index contributed by atoms with van der Waals surface area (Å²) in [6.45, 7) is 1.83. The monoisotopic (exact) mass is 204 g/mol. The van der Waals surface area contributed by atoms with Gasteiger partial charge in [0.2, 0.25) is 15.0 Å². The van der Waals surface area contributed by atoms with Crippen LogP contribution < -0.4 is 0 Å². The van der Waals surface area contributed by atoms with E-state index in [-0.39, 0.29) is 11.7 Å². The predicted molar refractivity (Wildman–Crippen MR) is 47.0 cm³/mol. The largest absolute Gasteiger partial charge is 0.392 e. The Labute approximate surface area is 76.9 Å². The summed E-state index contributed by atoms with van der Waals surface area (Å²) in [5.74, 6) is 0. The summed E-state index contributed by atoms with van der Waals surface area (Å²) < 4.78 is 23.7. The smallest absolute Gasteiger partial charge is 0.227 e. The van der Waals surface area contributed by atoms with Gasteiger partial charge in [0, 0.05) is 18.6 Å². The third-order valence-corrected chi connectivity index (χ3v) is 2.47. The number of imidazole rings is 1. The summed E-state index contributed by atoms with van der Waals surface area (Å²) in [5, 5.41) is 9.06. The molecule has 1 unspecified atom stereocenters. The van der Waals surface area contributed by atoms with Crippen LogP contribution in [-0.2, 0) is 16.4 Å². The SMILES string of the molecule is CC(O)Cn1ccnc1S(C)(=O)=O. The minimum absolute atomic E-state index is 0.00611. The molecule has 13 heavy (non-hydrogen) atoms. The zero-order valence-corrected chi connectivity index (χ0v) is 8.32. The molecule has 1 aromatic heterocycles. The van der Waals surface area contributed by atoms with Gasteiger partial charge in [0.1, 0.15) is 0 Å². The third kappa shape index (κ3) is 2.53. The number of aliphatic hydroxyl groups excluding tert-OH is 1. The molecule has 0 fully saturated rings. The van der Waals surface area contributed by atoms with Crippen LogP contribution in [0.25, 0.3) is 0 Å². The predicted octanol–water partition coefficient (Wildman–Crippen LogP) is -0.333. The number of sulfone groups is 1. The molecular weight excluding hydrogens is 192 g/mol. The first kappa shape index (κ1) is 10.2. The number of rotatable bonds is 3. The highest BCUT2D eigenvalue weighted by molar-refractivity contribution is 7.90. The lowest BCUT2D eigenvalue weighted by atomic mass is 10.4. The first-order valence-corrected chi connectivity index (χ1v) is 5.69. The van der Waals surface area contributed by atoms with E-state index in [1.807, 2.05) is 0 Å². The molecule has 6 heteroatoms. The van der Waals surface area contributed by atoms with Gasteiger partial charge in [-0.25, -0.2) is 13.4 Å². The zero-order chi connectivity index (χ0) is 10.1. The maximum Gasteiger partial charge on any atom is 0.227 e. The Morgan fingerprint density at radius 2 is 2.31 bits per heavy atom. The molecule has 74 valence electrons. The van der Waals surface area contributed by atoms with Gasteiger partial charge >= 0.3 is 0 Å². The third-order valence-electron chi connectivity index (χ3n) is 1.47. The van der Waals surface area contributed by atoms with Gasteiger partial charge in [-0.2, -0.15) is 0 Å². The second-order valence-electron chi connectivity index (χ2n) is 2.98. The fraction of sp³-hybridized carbons (Fsp3) is 0.571. The topological polar surface area (TPSA) is 72.2 Å². The summed E-state index contributed by atoms with van der Waals surface area (Å²) in [6, 6.07) is 0. The van der Waals surface area contributed by atoms with Gasteiger partial charge in [0.15, 0.2) is 0 Å². The van der Waals surface area contributed by atoms with Crippen LogP contribution in [0.3, 0.4) is 0 Å². The normalized spacial score (nSPS) is 14.4. The maximum atomic E-state index is 11.1. The first-order valence-electron chi connectivity index (χ1n) is 3.80. The van der Waals surface area contributed by atoms with Gasteiger partial charge in [0.25, 0.3) is 0 Å². The highest BCUT2D eigenvalue weighted by atomic mass is 32.2. The molecule has 0 amide bonds. The lowest BCUT2D eigenvalue weighted by molar-refractivity contribution is 0.170. The first-order chi connectivity index (χ1) is 5.91. The minimum atomic E-state index is -3.30. The Bertz CT molecular complexity index is 380. The highest BCUT2D eigenvalue weighted by Crippen LogP contribution is 2.06. The molecule has 1 rings (SSSR count). The van der Waals surface area contributed by atoms with Crippen molar-refractivity contribution in [2.45, 2.75) is 24.7 Å². The van der Waals surface area contributed by atoms with Gasteiger partial charge in [-0.1, -0.05) is 0 Å². The number of aliphatic hydroxyl groups is 1. The van der Waals surface area contributed by atoms with Crippen LogP contribution in [0, 0.1) is 0 Å². The fourth-order valence-corrected chi connectivity index (χ4v) is 1.86. The number of hydrogen-bond donors (Lipinski definition) is 1. The Kier molecular flexibility index (Phi) is 2.72. The molecule has 1 heterocycles. The van der Waals surface area contributed by atoms with Crippen molar-refractivity contribution in [1.29, 1.82) is 0 Å². The molecule has 1 aromatic rings. The van der Waals surface area contributed by atoms with E-state index in [1.54, 1.807) is 6.92 Å². The molecule has 1 atom stereocenters. The molecule has 0 aliphatic carbocycles. The molecule has 0 aromatic carbocycles. The molecule has 0 spiro atoms. The van der Waals surface area contributed by atoms with Gasteiger partial charge < -0.3 is 9.67 Å². The quantitative estimate of drug-likeness (QED) is 0.731. The molecule has 0 aliphatic heterocycles. The number of hydrogen-bond acceptors (Lipinski definition) is 4. The van der Waals surface area contributed by atoms with Crippen LogP contribution in [0.5, 0.6) is 0 Å².